The van der Waals surface area contributed by atoms with Crippen LogP contribution >= 0.6 is 0 Å². The van der Waals surface area contributed by atoms with E-state index in [2.05, 4.69) is 12.2 Å². The Bertz CT molecular complexity index is 446. The van der Waals surface area contributed by atoms with Crippen molar-refractivity contribution in [3.05, 3.63) is 23.8 Å². The van der Waals surface area contributed by atoms with Crippen LogP contribution in [-0.2, 0) is 0 Å². The van der Waals surface area contributed by atoms with Crippen molar-refractivity contribution in [3.63, 3.8) is 0 Å². The zero-order valence-electron chi connectivity index (χ0n) is 13.6. The summed E-state index contributed by atoms with van der Waals surface area (Å²) in [5.74, 6) is -0.535. The third-order valence-electron chi connectivity index (χ3n) is 3.79. The molecule has 0 aliphatic carbocycles. The Morgan fingerprint density at radius 2 is 1.59 bits per heavy atom. The van der Waals surface area contributed by atoms with Crippen LogP contribution in [0.15, 0.2) is 18.2 Å². The molecule has 4 nitrogen and oxygen atoms in total. The average Bonchev–Trinajstić information content (AvgIpc) is 2.51. The Balaban J connectivity index is 2.04. The lowest BCUT2D eigenvalue weighted by Crippen LogP contribution is -2.24. The topological polar surface area (TPSA) is 69.6 Å². The van der Waals surface area contributed by atoms with Gasteiger partial charge < -0.3 is 15.5 Å². The highest BCUT2D eigenvalue weighted by molar-refractivity contribution is 5.98. The van der Waals surface area contributed by atoms with E-state index in [4.69, 9.17) is 0 Å². The fourth-order valence-corrected chi connectivity index (χ4v) is 2.38. The van der Waals surface area contributed by atoms with Crippen LogP contribution in [0.2, 0.25) is 0 Å². The summed E-state index contributed by atoms with van der Waals surface area (Å²) in [4.78, 5) is 11.9. The van der Waals surface area contributed by atoms with Gasteiger partial charge in [0.2, 0.25) is 0 Å². The summed E-state index contributed by atoms with van der Waals surface area (Å²) < 4.78 is 0. The molecule has 1 aromatic rings. The van der Waals surface area contributed by atoms with E-state index in [-0.39, 0.29) is 23.8 Å². The zero-order valence-corrected chi connectivity index (χ0v) is 13.6. The normalized spacial score (nSPS) is 10.8. The van der Waals surface area contributed by atoms with Gasteiger partial charge in [0.05, 0.1) is 6.54 Å². The molecule has 124 valence electrons. The molecular formula is C18H29NO3. The minimum Gasteiger partial charge on any atom is -0.504 e. The van der Waals surface area contributed by atoms with Crippen molar-refractivity contribution in [2.45, 2.75) is 58.3 Å². The van der Waals surface area contributed by atoms with Gasteiger partial charge in [0, 0.05) is 5.56 Å². The molecule has 0 aliphatic heterocycles. The lowest BCUT2D eigenvalue weighted by atomic mass is 10.1. The SMILES string of the molecule is CCCCCCCCCCNCC(=O)c1ccc(O)c(O)c1. The van der Waals surface area contributed by atoms with E-state index in [1.165, 1.54) is 63.1 Å². The predicted molar refractivity (Wildman–Crippen MR) is 89.6 cm³/mol. The highest BCUT2D eigenvalue weighted by Gasteiger charge is 2.08. The molecule has 0 spiro atoms. The Hall–Kier alpha value is -1.55. The maximum atomic E-state index is 11.9. The monoisotopic (exact) mass is 307 g/mol. The summed E-state index contributed by atoms with van der Waals surface area (Å²) in [5, 5.41) is 21.7. The molecule has 0 unspecified atom stereocenters. The molecule has 0 radical (unpaired) electrons. The number of carbonyl (C=O) groups excluding carboxylic acids is 1. The van der Waals surface area contributed by atoms with E-state index in [0.29, 0.717) is 5.56 Å². The summed E-state index contributed by atoms with van der Waals surface area (Å²) >= 11 is 0. The number of phenolic OH excluding ortho intramolecular Hbond substituents is 2. The van der Waals surface area contributed by atoms with Gasteiger partial charge in [0.25, 0.3) is 0 Å². The first-order chi connectivity index (χ1) is 10.6. The van der Waals surface area contributed by atoms with Crippen molar-refractivity contribution in [3.8, 4) is 11.5 Å². The molecule has 4 heteroatoms. The number of Topliss-reactive ketones (excluding diaryl/α,β-unsaturated/α-hetero) is 1. The molecule has 0 heterocycles. The summed E-state index contributed by atoms with van der Waals surface area (Å²) in [6, 6.07) is 4.16. The first kappa shape index (κ1) is 18.5. The number of benzene rings is 1. The number of unbranched alkanes of at least 4 members (excludes halogenated alkanes) is 7. The lowest BCUT2D eigenvalue weighted by Gasteiger charge is -2.06. The van der Waals surface area contributed by atoms with E-state index >= 15 is 0 Å². The maximum absolute atomic E-state index is 11.9. The minimum absolute atomic E-state index is 0.0742. The fraction of sp³-hybridized carbons (Fsp3) is 0.611. The average molecular weight is 307 g/mol. The third kappa shape index (κ3) is 7.46. The molecule has 0 saturated heterocycles. The molecule has 22 heavy (non-hydrogen) atoms. The van der Waals surface area contributed by atoms with Crippen LogP contribution in [0.1, 0.15) is 68.6 Å². The predicted octanol–water partition coefficient (Wildman–Crippen LogP) is 4.01. The molecule has 0 amide bonds. The van der Waals surface area contributed by atoms with Crippen LogP contribution in [0.3, 0.4) is 0 Å². The maximum Gasteiger partial charge on any atom is 0.176 e. The molecule has 0 aromatic heterocycles. The zero-order chi connectivity index (χ0) is 16.2. The first-order valence-corrected chi connectivity index (χ1v) is 8.41. The number of carbonyl (C=O) groups is 1. The van der Waals surface area contributed by atoms with Crippen molar-refractivity contribution in [2.24, 2.45) is 0 Å². The second-order valence-electron chi connectivity index (χ2n) is 5.78. The fourth-order valence-electron chi connectivity index (χ4n) is 2.38. The quantitative estimate of drug-likeness (QED) is 0.310. The number of hydrogen-bond acceptors (Lipinski definition) is 4. The second-order valence-corrected chi connectivity index (χ2v) is 5.78. The molecular weight excluding hydrogens is 278 g/mol. The number of aromatic hydroxyl groups is 2. The van der Waals surface area contributed by atoms with Crippen LogP contribution in [0, 0.1) is 0 Å². The van der Waals surface area contributed by atoms with Crippen molar-refractivity contribution in [1.82, 2.24) is 5.32 Å². The number of phenols is 2. The van der Waals surface area contributed by atoms with E-state index in [1.54, 1.807) is 0 Å². The summed E-state index contributed by atoms with van der Waals surface area (Å²) in [6.07, 6.45) is 10.2. The van der Waals surface area contributed by atoms with Gasteiger partial charge in [0.1, 0.15) is 0 Å². The van der Waals surface area contributed by atoms with Gasteiger partial charge in [-0.05, 0) is 31.2 Å². The highest BCUT2D eigenvalue weighted by atomic mass is 16.3. The molecule has 1 rings (SSSR count). The standard InChI is InChI=1S/C18H29NO3/c1-2-3-4-5-6-7-8-9-12-19-14-18(22)15-10-11-16(20)17(21)13-15/h10-11,13,19-21H,2-9,12,14H2,1H3. The van der Waals surface area contributed by atoms with Crippen molar-refractivity contribution < 1.29 is 15.0 Å². The first-order valence-electron chi connectivity index (χ1n) is 8.41. The summed E-state index contributed by atoms with van der Waals surface area (Å²) in [6.45, 7) is 3.33. The van der Waals surface area contributed by atoms with Gasteiger partial charge in [-0.15, -0.1) is 0 Å². The van der Waals surface area contributed by atoms with Crippen molar-refractivity contribution >= 4 is 5.78 Å². The molecule has 3 N–H and O–H groups in total. The Morgan fingerprint density at radius 3 is 2.23 bits per heavy atom. The molecule has 0 atom stereocenters. The van der Waals surface area contributed by atoms with Crippen LogP contribution in [-0.4, -0.2) is 29.1 Å². The summed E-state index contributed by atoms with van der Waals surface area (Å²) in [5.41, 5.74) is 0.415. The van der Waals surface area contributed by atoms with Crippen LogP contribution in [0.5, 0.6) is 11.5 Å². The molecule has 0 bridgehead atoms. The third-order valence-corrected chi connectivity index (χ3v) is 3.79. The van der Waals surface area contributed by atoms with Crippen molar-refractivity contribution in [2.75, 3.05) is 13.1 Å². The highest BCUT2D eigenvalue weighted by Crippen LogP contribution is 2.24. The molecule has 0 aliphatic rings. The van der Waals surface area contributed by atoms with Crippen molar-refractivity contribution in [1.29, 1.82) is 0 Å². The van der Waals surface area contributed by atoms with Gasteiger partial charge >= 0.3 is 0 Å². The minimum atomic E-state index is -0.256. The Labute approximate surface area is 133 Å². The van der Waals surface area contributed by atoms with Gasteiger partial charge in [-0.25, -0.2) is 0 Å². The van der Waals surface area contributed by atoms with Gasteiger partial charge in [-0.2, -0.15) is 0 Å². The largest absolute Gasteiger partial charge is 0.504 e. The van der Waals surface area contributed by atoms with E-state index < -0.39 is 0 Å². The van der Waals surface area contributed by atoms with Crippen LogP contribution in [0.4, 0.5) is 0 Å². The van der Waals surface area contributed by atoms with E-state index in [9.17, 15) is 15.0 Å². The number of rotatable bonds is 12. The van der Waals surface area contributed by atoms with E-state index in [0.717, 1.165) is 13.0 Å². The molecule has 1 aromatic carbocycles. The van der Waals surface area contributed by atoms with Gasteiger partial charge in [0.15, 0.2) is 17.3 Å². The smallest absolute Gasteiger partial charge is 0.176 e. The Kier molecular flexibility index (Phi) is 9.31. The second kappa shape index (κ2) is 11.1. The molecule has 0 fully saturated rings. The van der Waals surface area contributed by atoms with E-state index in [1.807, 2.05) is 0 Å². The number of nitrogens with one attached hydrogen (secondary N) is 1. The van der Waals surface area contributed by atoms with Gasteiger partial charge in [-0.3, -0.25) is 4.79 Å². The molecule has 0 saturated carbocycles. The lowest BCUT2D eigenvalue weighted by molar-refractivity contribution is 0.0990. The van der Waals surface area contributed by atoms with Gasteiger partial charge in [-0.1, -0.05) is 51.9 Å². The number of hydrogen-bond donors (Lipinski definition) is 3. The number of ketones is 1. The van der Waals surface area contributed by atoms with Crippen LogP contribution in [0.25, 0.3) is 0 Å². The summed E-state index contributed by atoms with van der Waals surface area (Å²) in [7, 11) is 0. The Morgan fingerprint density at radius 1 is 0.955 bits per heavy atom. The van der Waals surface area contributed by atoms with Crippen LogP contribution < -0.4 is 5.32 Å².